The summed E-state index contributed by atoms with van der Waals surface area (Å²) in [6.07, 6.45) is 2.86. The van der Waals surface area contributed by atoms with Gasteiger partial charge in [-0.1, -0.05) is 25.1 Å². The number of hydrogen-bond donors (Lipinski definition) is 1. The first-order valence-corrected chi connectivity index (χ1v) is 7.68. The molecule has 1 fully saturated rings. The van der Waals surface area contributed by atoms with Gasteiger partial charge in [-0.2, -0.15) is 0 Å². The van der Waals surface area contributed by atoms with Crippen LogP contribution in [0.1, 0.15) is 31.1 Å². The number of benzene rings is 1. The number of hydrogen-bond acceptors (Lipinski definition) is 3. The molecule has 120 valence electrons. The third-order valence-electron chi connectivity index (χ3n) is 4.23. The molecular weight excluding hydrogens is 300 g/mol. The maximum absolute atomic E-state index is 12.4. The Balaban J connectivity index is 0.00000176. The molecule has 0 bridgehead atoms. The Hall–Kier alpha value is -1.52. The number of amides is 1. The number of aryl methyl sites for hydroxylation is 1. The third kappa shape index (κ3) is 3.13. The molecule has 1 aliphatic heterocycles. The van der Waals surface area contributed by atoms with Crippen LogP contribution in [0.4, 0.5) is 0 Å². The molecule has 5 heteroatoms. The van der Waals surface area contributed by atoms with Gasteiger partial charge in [-0.05, 0) is 25.5 Å². The van der Waals surface area contributed by atoms with Crippen LogP contribution in [0, 0.1) is 0 Å². The van der Waals surface area contributed by atoms with E-state index >= 15 is 0 Å². The zero-order valence-corrected chi connectivity index (χ0v) is 13.9. The molecule has 0 saturated carbocycles. The number of para-hydroxylation sites is 1. The molecule has 3 rings (SSSR count). The first-order valence-electron chi connectivity index (χ1n) is 7.68. The highest BCUT2D eigenvalue weighted by Gasteiger charge is 2.26. The molecule has 2 aromatic rings. The van der Waals surface area contributed by atoms with Crippen LogP contribution in [0.2, 0.25) is 0 Å². The van der Waals surface area contributed by atoms with Crippen molar-refractivity contribution in [1.82, 2.24) is 10.2 Å². The van der Waals surface area contributed by atoms with Gasteiger partial charge in [0.15, 0.2) is 0 Å². The minimum absolute atomic E-state index is 0. The lowest BCUT2D eigenvalue weighted by Crippen LogP contribution is -2.41. The molecule has 0 spiro atoms. The standard InChI is InChI=1S/C17H22N2O2.ClH/c1-3-15-13(12-7-4-5-9-16(12)21-15)11-19(2)17(20)14-8-6-10-18-14;/h4-5,7,9,14,18H,3,6,8,10-11H2,1-2H3;1H. The first-order chi connectivity index (χ1) is 10.2. The summed E-state index contributed by atoms with van der Waals surface area (Å²) in [7, 11) is 1.88. The van der Waals surface area contributed by atoms with E-state index in [0.29, 0.717) is 6.54 Å². The lowest BCUT2D eigenvalue weighted by Gasteiger charge is -2.21. The average molecular weight is 323 g/mol. The quantitative estimate of drug-likeness (QED) is 0.940. The number of nitrogens with one attached hydrogen (secondary N) is 1. The Morgan fingerprint density at radius 3 is 2.86 bits per heavy atom. The summed E-state index contributed by atoms with van der Waals surface area (Å²) in [6, 6.07) is 8.03. The van der Waals surface area contributed by atoms with E-state index < -0.39 is 0 Å². The minimum Gasteiger partial charge on any atom is -0.461 e. The average Bonchev–Trinajstić information content (AvgIpc) is 3.14. The Bertz CT molecular complexity index is 647. The maximum Gasteiger partial charge on any atom is 0.239 e. The first kappa shape index (κ1) is 16.8. The summed E-state index contributed by atoms with van der Waals surface area (Å²) in [5.74, 6) is 1.16. The number of furan rings is 1. The van der Waals surface area contributed by atoms with Crippen molar-refractivity contribution in [2.45, 2.75) is 38.8 Å². The molecule has 1 N–H and O–H groups in total. The van der Waals surface area contributed by atoms with Crippen molar-refractivity contribution in [3.05, 3.63) is 35.6 Å². The molecular formula is C17H23ClN2O2. The van der Waals surface area contributed by atoms with Gasteiger partial charge in [-0.3, -0.25) is 4.79 Å². The molecule has 1 aromatic carbocycles. The van der Waals surface area contributed by atoms with Crippen LogP contribution in [-0.4, -0.2) is 30.4 Å². The summed E-state index contributed by atoms with van der Waals surface area (Å²) >= 11 is 0. The fraction of sp³-hybridized carbons (Fsp3) is 0.471. The van der Waals surface area contributed by atoms with Crippen LogP contribution in [0.3, 0.4) is 0 Å². The van der Waals surface area contributed by atoms with E-state index in [4.69, 9.17) is 4.42 Å². The Morgan fingerprint density at radius 2 is 2.18 bits per heavy atom. The number of rotatable bonds is 4. The molecule has 1 atom stereocenters. The van der Waals surface area contributed by atoms with Gasteiger partial charge in [0.25, 0.3) is 0 Å². The monoisotopic (exact) mass is 322 g/mol. The predicted molar refractivity (Wildman–Crippen MR) is 90.3 cm³/mol. The van der Waals surface area contributed by atoms with Crippen LogP contribution < -0.4 is 5.32 Å². The molecule has 1 aliphatic rings. The van der Waals surface area contributed by atoms with Gasteiger partial charge in [0.05, 0.1) is 6.04 Å². The highest BCUT2D eigenvalue weighted by molar-refractivity contribution is 5.85. The van der Waals surface area contributed by atoms with Gasteiger partial charge >= 0.3 is 0 Å². The Labute approximate surface area is 137 Å². The largest absolute Gasteiger partial charge is 0.461 e. The topological polar surface area (TPSA) is 45.5 Å². The zero-order valence-electron chi connectivity index (χ0n) is 13.1. The van der Waals surface area contributed by atoms with Crippen molar-refractivity contribution in [1.29, 1.82) is 0 Å². The van der Waals surface area contributed by atoms with Crippen molar-refractivity contribution in [3.8, 4) is 0 Å². The van der Waals surface area contributed by atoms with Gasteiger partial charge in [0.1, 0.15) is 11.3 Å². The molecule has 4 nitrogen and oxygen atoms in total. The summed E-state index contributed by atoms with van der Waals surface area (Å²) in [6.45, 7) is 3.64. The number of halogens is 1. The van der Waals surface area contributed by atoms with Crippen LogP contribution >= 0.6 is 12.4 Å². The van der Waals surface area contributed by atoms with Gasteiger partial charge in [-0.25, -0.2) is 0 Å². The number of fused-ring (bicyclic) bond motifs is 1. The molecule has 1 saturated heterocycles. The molecule has 0 aliphatic carbocycles. The zero-order chi connectivity index (χ0) is 14.8. The van der Waals surface area contributed by atoms with Crippen molar-refractivity contribution < 1.29 is 9.21 Å². The molecule has 0 radical (unpaired) electrons. The molecule has 1 amide bonds. The van der Waals surface area contributed by atoms with Crippen molar-refractivity contribution in [2.24, 2.45) is 0 Å². The van der Waals surface area contributed by atoms with E-state index in [9.17, 15) is 4.79 Å². The molecule has 2 heterocycles. The fourth-order valence-electron chi connectivity index (χ4n) is 3.08. The van der Waals surface area contributed by atoms with E-state index in [1.54, 1.807) is 0 Å². The lowest BCUT2D eigenvalue weighted by atomic mass is 10.1. The second kappa shape index (κ2) is 7.16. The number of carbonyl (C=O) groups is 1. The van der Waals surface area contributed by atoms with Gasteiger partial charge in [0, 0.05) is 31.0 Å². The van der Waals surface area contributed by atoms with Crippen molar-refractivity contribution >= 4 is 29.3 Å². The number of carbonyl (C=O) groups excluding carboxylic acids is 1. The van der Waals surface area contributed by atoms with E-state index in [2.05, 4.69) is 18.3 Å². The second-order valence-electron chi connectivity index (χ2n) is 5.70. The summed E-state index contributed by atoms with van der Waals surface area (Å²) < 4.78 is 5.90. The smallest absolute Gasteiger partial charge is 0.239 e. The summed E-state index contributed by atoms with van der Waals surface area (Å²) in [4.78, 5) is 14.3. The van der Waals surface area contributed by atoms with E-state index in [1.165, 1.54) is 0 Å². The highest BCUT2D eigenvalue weighted by Crippen LogP contribution is 2.27. The lowest BCUT2D eigenvalue weighted by molar-refractivity contribution is -0.132. The van der Waals surface area contributed by atoms with Crippen LogP contribution in [0.15, 0.2) is 28.7 Å². The summed E-state index contributed by atoms with van der Waals surface area (Å²) in [5, 5.41) is 4.39. The van der Waals surface area contributed by atoms with Crippen molar-refractivity contribution in [3.63, 3.8) is 0 Å². The van der Waals surface area contributed by atoms with Gasteiger partial charge in [0.2, 0.25) is 5.91 Å². The van der Waals surface area contributed by atoms with Crippen molar-refractivity contribution in [2.75, 3.05) is 13.6 Å². The normalized spacial score (nSPS) is 17.5. The van der Waals surface area contributed by atoms with E-state index in [0.717, 1.165) is 48.1 Å². The Kier molecular flexibility index (Phi) is 5.48. The minimum atomic E-state index is -0.0155. The number of likely N-dealkylation sites (N-methyl/N-ethyl adjacent to an activating group) is 1. The van der Waals surface area contributed by atoms with Crippen LogP contribution in [0.25, 0.3) is 11.0 Å². The molecule has 1 aromatic heterocycles. The van der Waals surface area contributed by atoms with Crippen LogP contribution in [0.5, 0.6) is 0 Å². The highest BCUT2D eigenvalue weighted by atomic mass is 35.5. The van der Waals surface area contributed by atoms with Crippen LogP contribution in [-0.2, 0) is 17.8 Å². The van der Waals surface area contributed by atoms with Gasteiger partial charge < -0.3 is 14.6 Å². The van der Waals surface area contributed by atoms with Gasteiger partial charge in [-0.15, -0.1) is 12.4 Å². The predicted octanol–water partition coefficient (Wildman–Crippen LogP) is 3.13. The van der Waals surface area contributed by atoms with E-state index in [1.807, 2.05) is 30.1 Å². The molecule has 1 unspecified atom stereocenters. The SMILES string of the molecule is CCc1oc2ccccc2c1CN(C)C(=O)C1CCCN1.Cl. The van der Waals surface area contributed by atoms with E-state index in [-0.39, 0.29) is 24.4 Å². The Morgan fingerprint density at radius 1 is 1.41 bits per heavy atom. The summed E-state index contributed by atoms with van der Waals surface area (Å²) in [5.41, 5.74) is 2.05. The molecule has 22 heavy (non-hydrogen) atoms. The third-order valence-corrected chi connectivity index (χ3v) is 4.23. The number of nitrogens with zero attached hydrogens (tertiary/aromatic N) is 1. The second-order valence-corrected chi connectivity index (χ2v) is 5.70. The fourth-order valence-corrected chi connectivity index (χ4v) is 3.08. The maximum atomic E-state index is 12.4.